The van der Waals surface area contributed by atoms with Gasteiger partial charge < -0.3 is 19.2 Å². The number of hydrogen-bond acceptors (Lipinski definition) is 8. The zero-order chi connectivity index (χ0) is 19.0. The Hall–Kier alpha value is -2.75. The van der Waals surface area contributed by atoms with E-state index in [1.807, 2.05) is 6.92 Å². The molecular weight excluding hydrogens is 344 g/mol. The molecule has 2 aromatic heterocycles. The lowest BCUT2D eigenvalue weighted by Crippen LogP contribution is -2.38. The van der Waals surface area contributed by atoms with Crippen LogP contribution in [0, 0.1) is 6.92 Å². The fourth-order valence-corrected chi connectivity index (χ4v) is 3.13. The van der Waals surface area contributed by atoms with Gasteiger partial charge in [-0.15, -0.1) is 0 Å². The quantitative estimate of drug-likeness (QED) is 0.782. The number of aromatic nitrogens is 4. The number of hydrogen-bond donors (Lipinski definition) is 1. The van der Waals surface area contributed by atoms with E-state index in [1.54, 1.807) is 6.92 Å². The van der Waals surface area contributed by atoms with Crippen LogP contribution in [-0.2, 0) is 23.8 Å². The van der Waals surface area contributed by atoms with E-state index in [0.717, 1.165) is 0 Å². The van der Waals surface area contributed by atoms with Crippen molar-refractivity contribution in [2.75, 3.05) is 0 Å². The first kappa shape index (κ1) is 18.1. The molecule has 3 rings (SSSR count). The molecular formula is C16H20N4O6. The molecule has 0 bridgehead atoms. The Kier molecular flexibility index (Phi) is 4.77. The van der Waals surface area contributed by atoms with Gasteiger partial charge in [0.15, 0.2) is 29.6 Å². The van der Waals surface area contributed by atoms with Gasteiger partial charge in [0.1, 0.15) is 11.9 Å². The van der Waals surface area contributed by atoms with E-state index in [0.29, 0.717) is 17.9 Å². The molecule has 0 aromatic carbocycles. The molecule has 26 heavy (non-hydrogen) atoms. The summed E-state index contributed by atoms with van der Waals surface area (Å²) < 4.78 is 18.3. The Morgan fingerprint density at radius 3 is 2.54 bits per heavy atom. The van der Waals surface area contributed by atoms with Crippen molar-refractivity contribution in [2.45, 2.75) is 58.7 Å². The van der Waals surface area contributed by atoms with Crippen LogP contribution >= 0.6 is 0 Å². The summed E-state index contributed by atoms with van der Waals surface area (Å²) in [5.41, 5.74) is 0.0633. The van der Waals surface area contributed by atoms with Crippen LogP contribution in [0.4, 0.5) is 0 Å². The molecule has 1 fully saturated rings. The van der Waals surface area contributed by atoms with Crippen LogP contribution in [0.5, 0.6) is 0 Å². The summed E-state index contributed by atoms with van der Waals surface area (Å²) >= 11 is 0. The molecule has 140 valence electrons. The standard InChI is InChI=1S/C16H20N4O6/c1-5-10-12(24-8(3)21)13(25-9(4)22)16(26-10)20-6-17-11-14(20)18-7(2)19-15(11)23/h6,10,12-13,16H,5H2,1-4H3,(H,18,19,23)/t10-,12+,13?,16-/m1/s1. The zero-order valence-electron chi connectivity index (χ0n) is 14.9. The molecule has 3 heterocycles. The van der Waals surface area contributed by atoms with Gasteiger partial charge in [-0.3, -0.25) is 19.0 Å². The Labute approximate surface area is 148 Å². The normalized spacial score (nSPS) is 25.4. The Morgan fingerprint density at radius 1 is 1.27 bits per heavy atom. The highest BCUT2D eigenvalue weighted by atomic mass is 16.6. The minimum absolute atomic E-state index is 0.143. The van der Waals surface area contributed by atoms with Crippen molar-refractivity contribution in [3.8, 4) is 0 Å². The third kappa shape index (κ3) is 3.19. The van der Waals surface area contributed by atoms with Crippen molar-refractivity contribution >= 4 is 23.1 Å². The number of imidazole rings is 1. The van der Waals surface area contributed by atoms with Gasteiger partial charge in [-0.2, -0.15) is 0 Å². The lowest BCUT2D eigenvalue weighted by Gasteiger charge is -2.23. The van der Waals surface area contributed by atoms with Crippen molar-refractivity contribution in [3.05, 3.63) is 22.5 Å². The fourth-order valence-electron chi connectivity index (χ4n) is 3.13. The van der Waals surface area contributed by atoms with Crippen LogP contribution in [0.2, 0.25) is 0 Å². The number of ether oxygens (including phenoxy) is 3. The average molecular weight is 364 g/mol. The number of aromatic amines is 1. The van der Waals surface area contributed by atoms with Gasteiger partial charge in [0.2, 0.25) is 0 Å². The summed E-state index contributed by atoms with van der Waals surface area (Å²) in [6, 6.07) is 0. The number of esters is 2. The Bertz CT molecular complexity index is 904. The molecule has 10 heteroatoms. The zero-order valence-corrected chi connectivity index (χ0v) is 14.9. The fraction of sp³-hybridized carbons (Fsp3) is 0.562. The van der Waals surface area contributed by atoms with E-state index >= 15 is 0 Å². The predicted octanol–water partition coefficient (Wildman–Crippen LogP) is 0.599. The highest BCUT2D eigenvalue weighted by Gasteiger charge is 2.49. The van der Waals surface area contributed by atoms with Crippen LogP contribution in [0.25, 0.3) is 11.2 Å². The topological polar surface area (TPSA) is 125 Å². The molecule has 1 aliphatic heterocycles. The van der Waals surface area contributed by atoms with Crippen LogP contribution in [0.15, 0.2) is 11.1 Å². The van der Waals surface area contributed by atoms with Crippen LogP contribution < -0.4 is 5.56 Å². The number of aryl methyl sites for hydroxylation is 1. The first-order chi connectivity index (χ1) is 12.3. The summed E-state index contributed by atoms with van der Waals surface area (Å²) in [5.74, 6) is -0.630. The van der Waals surface area contributed by atoms with Gasteiger partial charge in [-0.1, -0.05) is 6.92 Å². The maximum absolute atomic E-state index is 12.1. The Morgan fingerprint density at radius 2 is 1.92 bits per heavy atom. The maximum Gasteiger partial charge on any atom is 0.303 e. The predicted molar refractivity (Wildman–Crippen MR) is 88.2 cm³/mol. The van der Waals surface area contributed by atoms with Crippen molar-refractivity contribution in [1.29, 1.82) is 0 Å². The number of carbonyl (C=O) groups excluding carboxylic acids is 2. The van der Waals surface area contributed by atoms with Gasteiger partial charge in [-0.25, -0.2) is 9.97 Å². The minimum atomic E-state index is -0.889. The van der Waals surface area contributed by atoms with Crippen molar-refractivity contribution in [3.63, 3.8) is 0 Å². The van der Waals surface area contributed by atoms with Crippen molar-refractivity contribution < 1.29 is 23.8 Å². The van der Waals surface area contributed by atoms with E-state index in [9.17, 15) is 14.4 Å². The van der Waals surface area contributed by atoms with Gasteiger partial charge in [-0.05, 0) is 13.3 Å². The molecule has 0 spiro atoms. The van der Waals surface area contributed by atoms with Gasteiger partial charge in [0.05, 0.1) is 6.33 Å². The second-order valence-corrected chi connectivity index (χ2v) is 6.10. The van der Waals surface area contributed by atoms with E-state index in [4.69, 9.17) is 14.2 Å². The lowest BCUT2D eigenvalue weighted by atomic mass is 10.1. The summed E-state index contributed by atoms with van der Waals surface area (Å²) in [6.45, 7) is 6.06. The number of nitrogens with one attached hydrogen (secondary N) is 1. The van der Waals surface area contributed by atoms with Crippen LogP contribution in [-0.4, -0.2) is 49.8 Å². The second-order valence-electron chi connectivity index (χ2n) is 6.10. The first-order valence-corrected chi connectivity index (χ1v) is 8.25. The molecule has 1 N–H and O–H groups in total. The molecule has 0 amide bonds. The molecule has 1 aliphatic rings. The number of H-pyrrole nitrogens is 1. The maximum atomic E-state index is 12.1. The molecule has 4 atom stereocenters. The second kappa shape index (κ2) is 6.87. The summed E-state index contributed by atoms with van der Waals surface area (Å²) in [5, 5.41) is 0. The minimum Gasteiger partial charge on any atom is -0.456 e. The van der Waals surface area contributed by atoms with Gasteiger partial charge in [0, 0.05) is 13.8 Å². The molecule has 0 aliphatic carbocycles. The summed E-state index contributed by atoms with van der Waals surface area (Å²) in [7, 11) is 0. The van der Waals surface area contributed by atoms with Crippen molar-refractivity contribution in [1.82, 2.24) is 19.5 Å². The molecule has 0 saturated carbocycles. The molecule has 0 radical (unpaired) electrons. The van der Waals surface area contributed by atoms with E-state index < -0.39 is 36.5 Å². The average Bonchev–Trinajstić information content (AvgIpc) is 3.09. The van der Waals surface area contributed by atoms with Gasteiger partial charge >= 0.3 is 11.9 Å². The third-order valence-electron chi connectivity index (χ3n) is 4.12. The van der Waals surface area contributed by atoms with E-state index in [2.05, 4.69) is 15.0 Å². The van der Waals surface area contributed by atoms with Crippen LogP contribution in [0.3, 0.4) is 0 Å². The Balaban J connectivity index is 2.08. The number of fused-ring (bicyclic) bond motifs is 1. The molecule has 1 saturated heterocycles. The first-order valence-electron chi connectivity index (χ1n) is 8.25. The largest absolute Gasteiger partial charge is 0.456 e. The molecule has 1 unspecified atom stereocenters. The highest BCUT2D eigenvalue weighted by molar-refractivity contribution is 5.70. The van der Waals surface area contributed by atoms with Crippen LogP contribution in [0.1, 0.15) is 39.2 Å². The van der Waals surface area contributed by atoms with E-state index in [1.165, 1.54) is 24.7 Å². The SMILES string of the molecule is CC[C@H]1O[C@@H](n2cnc3c(=O)[nH]c(C)nc32)C(OC(C)=O)[C@H]1OC(C)=O. The lowest BCUT2D eigenvalue weighted by molar-refractivity contribution is -0.165. The summed E-state index contributed by atoms with van der Waals surface area (Å²) in [6.07, 6.45) is -1.03. The third-order valence-corrected chi connectivity index (χ3v) is 4.12. The smallest absolute Gasteiger partial charge is 0.303 e. The number of carbonyl (C=O) groups is 2. The molecule has 2 aromatic rings. The molecule has 10 nitrogen and oxygen atoms in total. The van der Waals surface area contributed by atoms with E-state index in [-0.39, 0.29) is 11.1 Å². The number of rotatable bonds is 4. The highest BCUT2D eigenvalue weighted by Crippen LogP contribution is 2.36. The summed E-state index contributed by atoms with van der Waals surface area (Å²) in [4.78, 5) is 46.1. The number of nitrogens with zero attached hydrogens (tertiary/aromatic N) is 3. The monoisotopic (exact) mass is 364 g/mol. The van der Waals surface area contributed by atoms with Crippen molar-refractivity contribution in [2.24, 2.45) is 0 Å². The van der Waals surface area contributed by atoms with Gasteiger partial charge in [0.25, 0.3) is 5.56 Å².